The Bertz CT molecular complexity index is 303. The van der Waals surface area contributed by atoms with Crippen LogP contribution in [0.4, 0.5) is 4.79 Å². The van der Waals surface area contributed by atoms with Gasteiger partial charge >= 0.3 is 6.09 Å². The Morgan fingerprint density at radius 2 is 2.06 bits per heavy atom. The Labute approximate surface area is 109 Å². The first-order valence-corrected chi connectivity index (χ1v) is 6.90. The monoisotopic (exact) mass is 256 g/mol. The van der Waals surface area contributed by atoms with E-state index in [4.69, 9.17) is 4.74 Å². The van der Waals surface area contributed by atoms with Crippen LogP contribution in [0.25, 0.3) is 0 Å². The molecule has 18 heavy (non-hydrogen) atoms. The fourth-order valence-corrected chi connectivity index (χ4v) is 2.98. The lowest BCUT2D eigenvalue weighted by molar-refractivity contribution is 0.0255. The summed E-state index contributed by atoms with van der Waals surface area (Å²) in [5.41, 5.74) is 0.0485. The number of ether oxygens (including phenoxy) is 1. The molecule has 2 fully saturated rings. The van der Waals surface area contributed by atoms with Gasteiger partial charge in [0, 0.05) is 31.7 Å². The van der Waals surface area contributed by atoms with E-state index in [0.717, 1.165) is 45.4 Å². The standard InChI is InChI=1S/C13H24N2O3/c1-3-18-12(17)14-9-6-13(2,10-14)15-7-4-11(16)5-8-15/h11,16H,3-10H2,1-2H3/t13-/m1/s1. The maximum absolute atomic E-state index is 11.7. The largest absolute Gasteiger partial charge is 0.450 e. The van der Waals surface area contributed by atoms with E-state index in [1.54, 1.807) is 4.90 Å². The fraction of sp³-hybridized carbons (Fsp3) is 0.923. The highest BCUT2D eigenvalue weighted by Crippen LogP contribution is 2.30. The quantitative estimate of drug-likeness (QED) is 0.803. The second kappa shape index (κ2) is 5.45. The number of aliphatic hydroxyl groups excluding tert-OH is 1. The van der Waals surface area contributed by atoms with Gasteiger partial charge in [-0.2, -0.15) is 0 Å². The van der Waals surface area contributed by atoms with Crippen LogP contribution in [-0.2, 0) is 4.74 Å². The summed E-state index contributed by atoms with van der Waals surface area (Å²) >= 11 is 0. The van der Waals surface area contributed by atoms with Crippen LogP contribution in [0.1, 0.15) is 33.1 Å². The summed E-state index contributed by atoms with van der Waals surface area (Å²) in [4.78, 5) is 15.9. The number of aliphatic hydroxyl groups is 1. The van der Waals surface area contributed by atoms with E-state index in [1.807, 2.05) is 6.92 Å². The molecule has 0 bridgehead atoms. The van der Waals surface area contributed by atoms with Crippen LogP contribution < -0.4 is 0 Å². The lowest BCUT2D eigenvalue weighted by Crippen LogP contribution is -2.52. The van der Waals surface area contributed by atoms with Gasteiger partial charge in [0.1, 0.15) is 0 Å². The van der Waals surface area contributed by atoms with Crippen molar-refractivity contribution in [2.75, 3.05) is 32.8 Å². The predicted molar refractivity (Wildman–Crippen MR) is 68.4 cm³/mol. The number of piperidine rings is 1. The Morgan fingerprint density at radius 1 is 1.39 bits per heavy atom. The maximum atomic E-state index is 11.7. The third kappa shape index (κ3) is 2.78. The van der Waals surface area contributed by atoms with Crippen LogP contribution in [0.5, 0.6) is 0 Å². The molecule has 0 aromatic heterocycles. The number of likely N-dealkylation sites (tertiary alicyclic amines) is 2. The van der Waals surface area contributed by atoms with Crippen molar-refractivity contribution >= 4 is 6.09 Å². The molecule has 2 saturated heterocycles. The molecule has 0 aromatic rings. The number of carbonyl (C=O) groups is 1. The minimum Gasteiger partial charge on any atom is -0.450 e. The lowest BCUT2D eigenvalue weighted by atomic mass is 9.95. The van der Waals surface area contributed by atoms with Gasteiger partial charge in [0.25, 0.3) is 0 Å². The highest BCUT2D eigenvalue weighted by molar-refractivity contribution is 5.68. The summed E-state index contributed by atoms with van der Waals surface area (Å²) in [5, 5.41) is 9.55. The van der Waals surface area contributed by atoms with Gasteiger partial charge in [-0.25, -0.2) is 4.79 Å². The molecule has 1 atom stereocenters. The average molecular weight is 256 g/mol. The van der Waals surface area contributed by atoms with E-state index in [1.165, 1.54) is 0 Å². The molecule has 2 aliphatic heterocycles. The Balaban J connectivity index is 1.91. The molecule has 5 nitrogen and oxygen atoms in total. The number of amides is 1. The van der Waals surface area contributed by atoms with Crippen LogP contribution >= 0.6 is 0 Å². The molecule has 1 amide bonds. The van der Waals surface area contributed by atoms with Crippen molar-refractivity contribution in [3.05, 3.63) is 0 Å². The second-order valence-corrected chi connectivity index (χ2v) is 5.59. The van der Waals surface area contributed by atoms with E-state index < -0.39 is 0 Å². The van der Waals surface area contributed by atoms with Gasteiger partial charge in [-0.05, 0) is 33.1 Å². The van der Waals surface area contributed by atoms with Crippen molar-refractivity contribution in [3.63, 3.8) is 0 Å². The van der Waals surface area contributed by atoms with Gasteiger partial charge in [0.2, 0.25) is 0 Å². The molecule has 2 rings (SSSR count). The molecule has 0 radical (unpaired) electrons. The van der Waals surface area contributed by atoms with Crippen molar-refractivity contribution < 1.29 is 14.6 Å². The summed E-state index contributed by atoms with van der Waals surface area (Å²) in [6, 6.07) is 0. The summed E-state index contributed by atoms with van der Waals surface area (Å²) in [6.45, 7) is 7.84. The second-order valence-electron chi connectivity index (χ2n) is 5.59. The highest BCUT2D eigenvalue weighted by atomic mass is 16.6. The number of hydrogen-bond acceptors (Lipinski definition) is 4. The Hall–Kier alpha value is -0.810. The number of carbonyl (C=O) groups excluding carboxylic acids is 1. The van der Waals surface area contributed by atoms with E-state index in [0.29, 0.717) is 6.61 Å². The molecule has 1 N–H and O–H groups in total. The first kappa shape index (κ1) is 13.6. The third-order valence-electron chi connectivity index (χ3n) is 4.21. The number of nitrogens with zero attached hydrogens (tertiary/aromatic N) is 2. The Kier molecular flexibility index (Phi) is 4.12. The Morgan fingerprint density at radius 3 is 2.67 bits per heavy atom. The highest BCUT2D eigenvalue weighted by Gasteiger charge is 2.42. The first-order valence-electron chi connectivity index (χ1n) is 6.90. The zero-order chi connectivity index (χ0) is 13.2. The predicted octanol–water partition coefficient (Wildman–Crippen LogP) is 1.06. The van der Waals surface area contributed by atoms with Crippen molar-refractivity contribution in [1.29, 1.82) is 0 Å². The van der Waals surface area contributed by atoms with Crippen LogP contribution in [0, 0.1) is 0 Å². The normalized spacial score (nSPS) is 30.7. The van der Waals surface area contributed by atoms with Crippen molar-refractivity contribution in [3.8, 4) is 0 Å². The molecule has 2 aliphatic rings. The van der Waals surface area contributed by atoms with E-state index in [2.05, 4.69) is 11.8 Å². The maximum Gasteiger partial charge on any atom is 0.409 e. The van der Waals surface area contributed by atoms with Gasteiger partial charge in [-0.1, -0.05) is 0 Å². The van der Waals surface area contributed by atoms with Crippen molar-refractivity contribution in [2.45, 2.75) is 44.8 Å². The van der Waals surface area contributed by atoms with Crippen LogP contribution in [-0.4, -0.2) is 65.4 Å². The minimum absolute atomic E-state index is 0.0485. The van der Waals surface area contributed by atoms with E-state index in [9.17, 15) is 9.90 Å². The fourth-order valence-electron chi connectivity index (χ4n) is 2.98. The summed E-state index contributed by atoms with van der Waals surface area (Å²) in [6.07, 6.45) is 2.33. The zero-order valence-electron chi connectivity index (χ0n) is 11.4. The molecular weight excluding hydrogens is 232 g/mol. The van der Waals surface area contributed by atoms with Crippen molar-refractivity contribution in [2.24, 2.45) is 0 Å². The summed E-state index contributed by atoms with van der Waals surface area (Å²) < 4.78 is 5.05. The lowest BCUT2D eigenvalue weighted by Gasteiger charge is -2.41. The number of rotatable bonds is 2. The van der Waals surface area contributed by atoms with Gasteiger partial charge in [0.05, 0.1) is 12.7 Å². The molecule has 5 heteroatoms. The van der Waals surface area contributed by atoms with Crippen molar-refractivity contribution in [1.82, 2.24) is 9.80 Å². The van der Waals surface area contributed by atoms with Gasteiger partial charge in [-0.3, -0.25) is 4.90 Å². The summed E-state index contributed by atoms with van der Waals surface area (Å²) in [7, 11) is 0. The van der Waals surface area contributed by atoms with Crippen LogP contribution in [0.2, 0.25) is 0 Å². The van der Waals surface area contributed by atoms with E-state index >= 15 is 0 Å². The molecule has 0 aromatic carbocycles. The van der Waals surface area contributed by atoms with Gasteiger partial charge < -0.3 is 14.7 Å². The molecule has 0 spiro atoms. The zero-order valence-corrected chi connectivity index (χ0v) is 11.4. The average Bonchev–Trinajstić information content (AvgIpc) is 2.74. The van der Waals surface area contributed by atoms with E-state index in [-0.39, 0.29) is 17.7 Å². The molecule has 104 valence electrons. The minimum atomic E-state index is -0.196. The first-order chi connectivity index (χ1) is 8.55. The van der Waals surface area contributed by atoms with Crippen LogP contribution in [0.3, 0.4) is 0 Å². The summed E-state index contributed by atoms with van der Waals surface area (Å²) in [5.74, 6) is 0. The van der Waals surface area contributed by atoms with Crippen LogP contribution in [0.15, 0.2) is 0 Å². The molecule has 0 aliphatic carbocycles. The third-order valence-corrected chi connectivity index (χ3v) is 4.21. The molecule has 0 unspecified atom stereocenters. The van der Waals surface area contributed by atoms with Gasteiger partial charge in [0.15, 0.2) is 0 Å². The topological polar surface area (TPSA) is 53.0 Å². The smallest absolute Gasteiger partial charge is 0.409 e. The molecule has 2 heterocycles. The SMILES string of the molecule is CCOC(=O)N1CC[C@@](C)(N2CCC(O)CC2)C1. The van der Waals surface area contributed by atoms with Gasteiger partial charge in [-0.15, -0.1) is 0 Å². The molecular formula is C13H24N2O3. The number of hydrogen-bond donors (Lipinski definition) is 1. The molecule has 0 saturated carbocycles.